The van der Waals surface area contributed by atoms with Crippen LogP contribution in [0.1, 0.15) is 12.8 Å². The number of ether oxygens (including phenoxy) is 1. The monoisotopic (exact) mass is 331 g/mol. The van der Waals surface area contributed by atoms with Crippen molar-refractivity contribution in [2.24, 2.45) is 11.8 Å². The SMILES string of the molecule is C=CC1CN2CCC1CC2CNC(=S)Nc1ccc(OC)cc1. The van der Waals surface area contributed by atoms with Crippen LogP contribution in [0, 0.1) is 11.8 Å². The molecule has 0 radical (unpaired) electrons. The summed E-state index contributed by atoms with van der Waals surface area (Å²) < 4.78 is 5.16. The Bertz CT molecular complexity index is 560. The third-order valence-corrected chi connectivity index (χ3v) is 5.32. The first-order chi connectivity index (χ1) is 11.2. The molecule has 0 aromatic heterocycles. The Balaban J connectivity index is 1.47. The van der Waals surface area contributed by atoms with E-state index in [-0.39, 0.29) is 0 Å². The van der Waals surface area contributed by atoms with E-state index in [2.05, 4.69) is 28.2 Å². The maximum absolute atomic E-state index is 5.41. The minimum absolute atomic E-state index is 0.584. The number of hydrogen-bond acceptors (Lipinski definition) is 3. The van der Waals surface area contributed by atoms with Crippen molar-refractivity contribution in [2.75, 3.05) is 32.1 Å². The minimum Gasteiger partial charge on any atom is -0.497 e. The summed E-state index contributed by atoms with van der Waals surface area (Å²) in [6.45, 7) is 7.24. The Kier molecular flexibility index (Phi) is 5.18. The van der Waals surface area contributed by atoms with Gasteiger partial charge in [-0.05, 0) is 67.7 Å². The van der Waals surface area contributed by atoms with Gasteiger partial charge in [0.15, 0.2) is 5.11 Å². The molecule has 0 aliphatic carbocycles. The van der Waals surface area contributed by atoms with Crippen LogP contribution in [0.2, 0.25) is 0 Å². The van der Waals surface area contributed by atoms with Gasteiger partial charge < -0.3 is 15.4 Å². The highest BCUT2D eigenvalue weighted by atomic mass is 32.1. The number of fused-ring (bicyclic) bond motifs is 3. The number of nitrogens with zero attached hydrogens (tertiary/aromatic N) is 1. The molecule has 3 fully saturated rings. The zero-order valence-electron chi connectivity index (χ0n) is 13.6. The third-order valence-electron chi connectivity index (χ3n) is 5.08. The predicted molar refractivity (Wildman–Crippen MR) is 99.0 cm³/mol. The molecule has 1 aromatic rings. The second kappa shape index (κ2) is 7.32. The summed E-state index contributed by atoms with van der Waals surface area (Å²) in [5.41, 5.74) is 0.973. The van der Waals surface area contributed by atoms with Gasteiger partial charge in [0.25, 0.3) is 0 Å². The van der Waals surface area contributed by atoms with Crippen LogP contribution in [0.3, 0.4) is 0 Å². The summed E-state index contributed by atoms with van der Waals surface area (Å²) in [5, 5.41) is 7.27. The molecule has 2 bridgehead atoms. The van der Waals surface area contributed by atoms with E-state index < -0.39 is 0 Å². The Morgan fingerprint density at radius 2 is 2.22 bits per heavy atom. The number of thiocarbonyl (C=S) groups is 1. The number of rotatable bonds is 5. The Labute approximate surface area is 143 Å². The van der Waals surface area contributed by atoms with Gasteiger partial charge in [-0.2, -0.15) is 0 Å². The van der Waals surface area contributed by atoms with Gasteiger partial charge in [0.05, 0.1) is 7.11 Å². The van der Waals surface area contributed by atoms with Gasteiger partial charge in [-0.15, -0.1) is 6.58 Å². The molecule has 124 valence electrons. The van der Waals surface area contributed by atoms with E-state index in [1.165, 1.54) is 19.4 Å². The predicted octanol–water partition coefficient (Wildman–Crippen LogP) is 2.88. The van der Waals surface area contributed by atoms with E-state index in [9.17, 15) is 0 Å². The van der Waals surface area contributed by atoms with Crippen molar-refractivity contribution in [1.29, 1.82) is 0 Å². The quantitative estimate of drug-likeness (QED) is 0.641. The first kappa shape index (κ1) is 16.3. The molecule has 23 heavy (non-hydrogen) atoms. The molecule has 4 unspecified atom stereocenters. The summed E-state index contributed by atoms with van der Waals surface area (Å²) in [6, 6.07) is 8.36. The summed E-state index contributed by atoms with van der Waals surface area (Å²) in [7, 11) is 1.67. The van der Waals surface area contributed by atoms with Crippen molar-refractivity contribution >= 4 is 23.0 Å². The molecule has 3 aliphatic heterocycles. The highest BCUT2D eigenvalue weighted by Crippen LogP contribution is 2.36. The molecule has 3 heterocycles. The Morgan fingerprint density at radius 3 is 2.83 bits per heavy atom. The maximum atomic E-state index is 5.41. The molecule has 1 aromatic carbocycles. The lowest BCUT2D eigenvalue weighted by atomic mass is 9.76. The van der Waals surface area contributed by atoms with Gasteiger partial charge in [0.2, 0.25) is 0 Å². The summed E-state index contributed by atoms with van der Waals surface area (Å²) in [6.07, 6.45) is 4.69. The molecule has 2 N–H and O–H groups in total. The second-order valence-electron chi connectivity index (χ2n) is 6.40. The van der Waals surface area contributed by atoms with Crippen LogP contribution in [-0.2, 0) is 0 Å². The van der Waals surface area contributed by atoms with Crippen LogP contribution in [-0.4, -0.2) is 42.8 Å². The van der Waals surface area contributed by atoms with E-state index in [1.807, 2.05) is 24.3 Å². The molecular weight excluding hydrogens is 306 g/mol. The van der Waals surface area contributed by atoms with Crippen LogP contribution in [0.25, 0.3) is 0 Å². The maximum Gasteiger partial charge on any atom is 0.170 e. The van der Waals surface area contributed by atoms with Gasteiger partial charge in [-0.1, -0.05) is 6.08 Å². The first-order valence-electron chi connectivity index (χ1n) is 8.25. The fourth-order valence-corrected chi connectivity index (χ4v) is 3.92. The molecule has 0 amide bonds. The van der Waals surface area contributed by atoms with Gasteiger partial charge in [-0.25, -0.2) is 0 Å². The van der Waals surface area contributed by atoms with Gasteiger partial charge in [-0.3, -0.25) is 4.90 Å². The Morgan fingerprint density at radius 1 is 1.43 bits per heavy atom. The van der Waals surface area contributed by atoms with Crippen molar-refractivity contribution in [3.05, 3.63) is 36.9 Å². The molecule has 0 spiro atoms. The van der Waals surface area contributed by atoms with Crippen molar-refractivity contribution in [3.63, 3.8) is 0 Å². The third kappa shape index (κ3) is 3.85. The molecule has 3 aliphatic rings. The molecule has 3 saturated heterocycles. The number of benzene rings is 1. The zero-order valence-corrected chi connectivity index (χ0v) is 14.4. The van der Waals surface area contributed by atoms with E-state index in [0.717, 1.165) is 30.4 Å². The van der Waals surface area contributed by atoms with Gasteiger partial charge in [0, 0.05) is 24.8 Å². The molecule has 4 atom stereocenters. The lowest BCUT2D eigenvalue weighted by Crippen LogP contribution is -2.56. The lowest BCUT2D eigenvalue weighted by Gasteiger charge is -2.49. The highest BCUT2D eigenvalue weighted by Gasteiger charge is 2.38. The van der Waals surface area contributed by atoms with E-state index in [4.69, 9.17) is 17.0 Å². The number of anilines is 1. The van der Waals surface area contributed by atoms with Crippen molar-refractivity contribution in [3.8, 4) is 5.75 Å². The molecule has 4 rings (SSSR count). The fraction of sp³-hybridized carbons (Fsp3) is 0.500. The average molecular weight is 331 g/mol. The van der Waals surface area contributed by atoms with Crippen molar-refractivity contribution in [2.45, 2.75) is 18.9 Å². The van der Waals surface area contributed by atoms with E-state index in [1.54, 1.807) is 7.11 Å². The smallest absolute Gasteiger partial charge is 0.170 e. The van der Waals surface area contributed by atoms with Gasteiger partial charge >= 0.3 is 0 Å². The van der Waals surface area contributed by atoms with Crippen LogP contribution in [0.15, 0.2) is 36.9 Å². The van der Waals surface area contributed by atoms with Crippen LogP contribution >= 0.6 is 12.2 Å². The summed E-state index contributed by atoms with van der Waals surface area (Å²) in [4.78, 5) is 2.58. The zero-order chi connectivity index (χ0) is 16.2. The van der Waals surface area contributed by atoms with Crippen molar-refractivity contribution < 1.29 is 4.74 Å². The summed E-state index contributed by atoms with van der Waals surface area (Å²) in [5.74, 6) is 2.31. The number of hydrogen-bond donors (Lipinski definition) is 2. The van der Waals surface area contributed by atoms with E-state index in [0.29, 0.717) is 17.1 Å². The molecular formula is C18H25N3OS. The lowest BCUT2D eigenvalue weighted by molar-refractivity contribution is 0.0215. The van der Waals surface area contributed by atoms with E-state index >= 15 is 0 Å². The molecule has 4 nitrogen and oxygen atoms in total. The standard InChI is InChI=1S/C18H25N3OS/c1-3-13-12-21-9-8-14(13)10-16(21)11-19-18(23)20-15-4-6-17(22-2)7-5-15/h3-7,13-14,16H,1,8-12H2,2H3,(H2,19,20,23). The Hall–Kier alpha value is -1.59. The number of methoxy groups -OCH3 is 1. The number of piperidine rings is 3. The normalized spacial score (nSPS) is 28.9. The summed E-state index contributed by atoms with van der Waals surface area (Å²) >= 11 is 5.41. The highest BCUT2D eigenvalue weighted by molar-refractivity contribution is 7.80. The molecule has 5 heteroatoms. The largest absolute Gasteiger partial charge is 0.497 e. The van der Waals surface area contributed by atoms with Crippen LogP contribution < -0.4 is 15.4 Å². The molecule has 0 saturated carbocycles. The average Bonchev–Trinajstić information content (AvgIpc) is 2.61. The number of nitrogens with one attached hydrogen (secondary N) is 2. The fourth-order valence-electron chi connectivity index (χ4n) is 3.72. The van der Waals surface area contributed by atoms with Crippen molar-refractivity contribution in [1.82, 2.24) is 10.2 Å². The van der Waals surface area contributed by atoms with Crippen LogP contribution in [0.5, 0.6) is 5.75 Å². The minimum atomic E-state index is 0.584. The van der Waals surface area contributed by atoms with Crippen LogP contribution in [0.4, 0.5) is 5.69 Å². The first-order valence-corrected chi connectivity index (χ1v) is 8.66. The topological polar surface area (TPSA) is 36.5 Å². The van der Waals surface area contributed by atoms with Gasteiger partial charge in [0.1, 0.15) is 5.75 Å². The second-order valence-corrected chi connectivity index (χ2v) is 6.80.